The molecule has 0 aliphatic carbocycles. The van der Waals surface area contributed by atoms with Crippen molar-refractivity contribution in [3.63, 3.8) is 0 Å². The largest absolute Gasteiger partial charge is 0.454 e. The van der Waals surface area contributed by atoms with Gasteiger partial charge in [-0.15, -0.1) is 0 Å². The highest BCUT2D eigenvalue weighted by molar-refractivity contribution is 6.09. The van der Waals surface area contributed by atoms with Crippen molar-refractivity contribution in [1.29, 1.82) is 0 Å². The van der Waals surface area contributed by atoms with Crippen LogP contribution in [0.25, 0.3) is 0 Å². The van der Waals surface area contributed by atoms with Gasteiger partial charge in [-0.25, -0.2) is 9.98 Å². The first-order valence-corrected chi connectivity index (χ1v) is 9.46. The smallest absolute Gasteiger partial charge is 0.248 e. The summed E-state index contributed by atoms with van der Waals surface area (Å²) in [5.74, 6) is 1.61. The maximum Gasteiger partial charge on any atom is 0.248 e. The number of hydrazine groups is 1. The molecule has 0 fully saturated rings. The van der Waals surface area contributed by atoms with Crippen LogP contribution in [0.5, 0.6) is 11.5 Å². The van der Waals surface area contributed by atoms with E-state index in [1.807, 2.05) is 60.5 Å². The number of pyridine rings is 1. The number of aryl methyl sites for hydroxylation is 1. The van der Waals surface area contributed by atoms with Crippen LogP contribution in [-0.4, -0.2) is 23.5 Å². The molecule has 0 bridgehead atoms. The summed E-state index contributed by atoms with van der Waals surface area (Å²) in [6.07, 6.45) is -0.352. The highest BCUT2D eigenvalue weighted by Crippen LogP contribution is 2.37. The lowest BCUT2D eigenvalue weighted by molar-refractivity contribution is 0.1000. The number of fused-ring (bicyclic) bond motifs is 1. The first kappa shape index (κ1) is 18.1. The van der Waals surface area contributed by atoms with Crippen molar-refractivity contribution >= 4 is 17.4 Å². The second kappa shape index (κ2) is 7.16. The molecule has 1 unspecified atom stereocenters. The number of nitrogens with one attached hydrogen (secondary N) is 1. The van der Waals surface area contributed by atoms with Crippen molar-refractivity contribution in [2.45, 2.75) is 13.1 Å². The van der Waals surface area contributed by atoms with E-state index in [1.54, 1.807) is 12.1 Å². The molecule has 150 valence electrons. The molecular weight excluding hydrogens is 382 g/mol. The predicted molar refractivity (Wildman–Crippen MR) is 111 cm³/mol. The fourth-order valence-electron chi connectivity index (χ4n) is 3.44. The highest BCUT2D eigenvalue weighted by atomic mass is 16.7. The maximum atomic E-state index is 11.4. The standard InChI is InChI=1S/C22H19N5O3/c1-13-3-2-4-17(24-13)22-25-21(15-7-5-14(6-8-15)20(23)28)26-27(22)16-9-10-18-19(11-16)30-12-29-18/h2-11,21,26H,12H2,1H3,(H2,23,28). The van der Waals surface area contributed by atoms with Gasteiger partial charge in [0.1, 0.15) is 11.9 Å². The molecular formula is C22H19N5O3. The normalized spacial score (nSPS) is 17.2. The highest BCUT2D eigenvalue weighted by Gasteiger charge is 2.30. The van der Waals surface area contributed by atoms with Crippen LogP contribution in [0, 0.1) is 6.92 Å². The Bertz CT molecular complexity index is 1160. The summed E-state index contributed by atoms with van der Waals surface area (Å²) in [5.41, 5.74) is 12.6. The number of carbonyl (C=O) groups is 1. The molecule has 1 atom stereocenters. The topological polar surface area (TPSA) is 102 Å². The van der Waals surface area contributed by atoms with Gasteiger partial charge < -0.3 is 15.2 Å². The van der Waals surface area contributed by atoms with Gasteiger partial charge in [-0.1, -0.05) is 18.2 Å². The summed E-state index contributed by atoms with van der Waals surface area (Å²) in [7, 11) is 0. The number of amides is 1. The number of amidine groups is 1. The first-order valence-electron chi connectivity index (χ1n) is 9.46. The number of primary amides is 1. The summed E-state index contributed by atoms with van der Waals surface area (Å²) < 4.78 is 11.0. The van der Waals surface area contributed by atoms with Gasteiger partial charge in [0.2, 0.25) is 12.7 Å². The van der Waals surface area contributed by atoms with Crippen molar-refractivity contribution in [3.05, 3.63) is 83.2 Å². The Kier molecular flexibility index (Phi) is 4.33. The number of nitrogens with zero attached hydrogens (tertiary/aromatic N) is 3. The Labute approximate surface area is 172 Å². The van der Waals surface area contributed by atoms with E-state index >= 15 is 0 Å². The summed E-state index contributed by atoms with van der Waals surface area (Å²) in [6, 6.07) is 18.6. The van der Waals surface area contributed by atoms with Crippen molar-refractivity contribution in [3.8, 4) is 11.5 Å². The predicted octanol–water partition coefficient (Wildman–Crippen LogP) is 2.69. The molecule has 1 amide bonds. The fraction of sp³-hybridized carbons (Fsp3) is 0.136. The number of hydrogen-bond donors (Lipinski definition) is 2. The van der Waals surface area contributed by atoms with Crippen LogP contribution in [0.1, 0.15) is 33.5 Å². The van der Waals surface area contributed by atoms with Crippen LogP contribution in [0.4, 0.5) is 5.69 Å². The fourth-order valence-corrected chi connectivity index (χ4v) is 3.44. The monoisotopic (exact) mass is 401 g/mol. The third-order valence-corrected chi connectivity index (χ3v) is 4.96. The number of anilines is 1. The summed E-state index contributed by atoms with van der Waals surface area (Å²) in [6.45, 7) is 2.15. The van der Waals surface area contributed by atoms with E-state index in [2.05, 4.69) is 10.4 Å². The number of hydrogen-bond acceptors (Lipinski definition) is 7. The van der Waals surface area contributed by atoms with Gasteiger partial charge in [-0.05, 0) is 48.9 Å². The summed E-state index contributed by atoms with van der Waals surface area (Å²) >= 11 is 0. The van der Waals surface area contributed by atoms with E-state index in [-0.39, 0.29) is 13.0 Å². The summed E-state index contributed by atoms with van der Waals surface area (Å²) in [4.78, 5) is 20.9. The molecule has 8 nitrogen and oxygen atoms in total. The maximum absolute atomic E-state index is 11.4. The molecule has 0 saturated carbocycles. The van der Waals surface area contributed by atoms with Crippen molar-refractivity contribution in [1.82, 2.24) is 10.4 Å². The van der Waals surface area contributed by atoms with Crippen LogP contribution in [0.15, 0.2) is 65.7 Å². The zero-order chi connectivity index (χ0) is 20.7. The van der Waals surface area contributed by atoms with Crippen molar-refractivity contribution in [2.24, 2.45) is 10.7 Å². The lowest BCUT2D eigenvalue weighted by atomic mass is 10.1. The molecule has 8 heteroatoms. The molecule has 3 aromatic rings. The minimum atomic E-state index is -0.462. The molecule has 0 spiro atoms. The van der Waals surface area contributed by atoms with Crippen molar-refractivity contribution in [2.75, 3.05) is 11.8 Å². The van der Waals surface area contributed by atoms with Crippen LogP contribution < -0.4 is 25.6 Å². The van der Waals surface area contributed by atoms with Crippen LogP contribution >= 0.6 is 0 Å². The zero-order valence-electron chi connectivity index (χ0n) is 16.2. The molecule has 30 heavy (non-hydrogen) atoms. The van der Waals surface area contributed by atoms with E-state index < -0.39 is 5.91 Å². The second-order valence-corrected chi connectivity index (χ2v) is 7.01. The minimum Gasteiger partial charge on any atom is -0.454 e. The number of rotatable bonds is 4. The number of carbonyl (C=O) groups excluding carboxylic acids is 1. The molecule has 0 radical (unpaired) electrons. The molecule has 3 N–H and O–H groups in total. The Morgan fingerprint density at radius 1 is 1.10 bits per heavy atom. The minimum absolute atomic E-state index is 0.210. The molecule has 2 aromatic carbocycles. The summed E-state index contributed by atoms with van der Waals surface area (Å²) in [5, 5.41) is 1.89. The first-order chi connectivity index (χ1) is 14.6. The van der Waals surface area contributed by atoms with E-state index in [4.69, 9.17) is 20.2 Å². The zero-order valence-corrected chi connectivity index (χ0v) is 16.2. The third kappa shape index (κ3) is 3.23. The average molecular weight is 401 g/mol. The number of nitrogens with two attached hydrogens (primary N) is 1. The van der Waals surface area contributed by atoms with E-state index in [0.29, 0.717) is 22.9 Å². The molecule has 2 aliphatic rings. The SMILES string of the molecule is Cc1cccc(C2=NC(c3ccc(C(N)=O)cc3)NN2c2ccc3c(c2)OCO3)n1. The molecule has 2 aliphatic heterocycles. The lowest BCUT2D eigenvalue weighted by Gasteiger charge is -2.22. The third-order valence-electron chi connectivity index (χ3n) is 4.96. The van der Waals surface area contributed by atoms with E-state index in [1.165, 1.54) is 0 Å². The van der Waals surface area contributed by atoms with Crippen LogP contribution in [0.2, 0.25) is 0 Å². The number of ether oxygens (including phenoxy) is 2. The van der Waals surface area contributed by atoms with Gasteiger partial charge in [0.05, 0.1) is 5.69 Å². The molecule has 1 aromatic heterocycles. The van der Waals surface area contributed by atoms with E-state index in [0.717, 1.165) is 22.6 Å². The van der Waals surface area contributed by atoms with E-state index in [9.17, 15) is 4.79 Å². The Morgan fingerprint density at radius 2 is 1.90 bits per heavy atom. The van der Waals surface area contributed by atoms with Crippen LogP contribution in [0.3, 0.4) is 0 Å². The Balaban J connectivity index is 1.54. The van der Waals surface area contributed by atoms with Gasteiger partial charge in [0, 0.05) is 17.3 Å². The van der Waals surface area contributed by atoms with Gasteiger partial charge in [0.15, 0.2) is 17.3 Å². The Hall–Kier alpha value is -3.91. The Morgan fingerprint density at radius 3 is 2.67 bits per heavy atom. The lowest BCUT2D eigenvalue weighted by Crippen LogP contribution is -2.39. The van der Waals surface area contributed by atoms with Gasteiger partial charge in [-0.2, -0.15) is 5.43 Å². The van der Waals surface area contributed by atoms with Gasteiger partial charge >= 0.3 is 0 Å². The van der Waals surface area contributed by atoms with Crippen molar-refractivity contribution < 1.29 is 14.3 Å². The second-order valence-electron chi connectivity index (χ2n) is 7.01. The number of aliphatic imine (C=N–C) groups is 1. The molecule has 3 heterocycles. The number of aromatic nitrogens is 1. The van der Waals surface area contributed by atoms with Gasteiger partial charge in [-0.3, -0.25) is 9.80 Å². The quantitative estimate of drug-likeness (QED) is 0.697. The van der Waals surface area contributed by atoms with Gasteiger partial charge in [0.25, 0.3) is 0 Å². The molecule has 5 rings (SSSR count). The average Bonchev–Trinajstić information content (AvgIpc) is 3.40. The number of benzene rings is 2. The van der Waals surface area contributed by atoms with Crippen LogP contribution in [-0.2, 0) is 0 Å². The molecule has 0 saturated heterocycles.